The highest BCUT2D eigenvalue weighted by Crippen LogP contribution is 2.38. The molecule has 8 heteroatoms. The summed E-state index contributed by atoms with van der Waals surface area (Å²) in [6.45, 7) is 6.53. The summed E-state index contributed by atoms with van der Waals surface area (Å²) in [4.78, 5) is 8.69. The lowest BCUT2D eigenvalue weighted by Crippen LogP contribution is -2.39. The lowest BCUT2D eigenvalue weighted by atomic mass is 10.0. The van der Waals surface area contributed by atoms with Crippen molar-refractivity contribution in [3.8, 4) is 0 Å². The Balaban J connectivity index is 1.70. The van der Waals surface area contributed by atoms with E-state index in [0.29, 0.717) is 11.8 Å². The first-order chi connectivity index (χ1) is 12.1. The van der Waals surface area contributed by atoms with E-state index in [1.807, 2.05) is 12.1 Å². The predicted molar refractivity (Wildman–Crippen MR) is 99.4 cm³/mol. The van der Waals surface area contributed by atoms with Crippen LogP contribution in [-0.4, -0.2) is 34.1 Å². The van der Waals surface area contributed by atoms with E-state index in [2.05, 4.69) is 28.6 Å². The van der Waals surface area contributed by atoms with Gasteiger partial charge in [-0.1, -0.05) is 11.6 Å². The van der Waals surface area contributed by atoms with Crippen molar-refractivity contribution in [1.29, 1.82) is 0 Å². The largest absolute Gasteiger partial charge is 0.446 e. The van der Waals surface area contributed by atoms with E-state index in [-0.39, 0.29) is 22.2 Å². The van der Waals surface area contributed by atoms with Crippen LogP contribution in [0.25, 0.3) is 0 Å². The molecular weight excluding hydrogens is 383 g/mol. The fourth-order valence-electron chi connectivity index (χ4n) is 3.07. The molecular formula is C18H19ClF3N3S. The van der Waals surface area contributed by atoms with Gasteiger partial charge in [-0.2, -0.15) is 13.2 Å². The van der Waals surface area contributed by atoms with Gasteiger partial charge in [0.05, 0.1) is 6.67 Å². The van der Waals surface area contributed by atoms with Crippen LogP contribution in [0.4, 0.5) is 18.9 Å². The van der Waals surface area contributed by atoms with Crippen LogP contribution < -0.4 is 4.90 Å². The van der Waals surface area contributed by atoms with Crippen molar-refractivity contribution in [3.05, 3.63) is 53.3 Å². The third-order valence-electron chi connectivity index (χ3n) is 4.38. The Bertz CT molecular complexity index is 765. The van der Waals surface area contributed by atoms with Gasteiger partial charge in [0.1, 0.15) is 5.15 Å². The molecule has 0 atom stereocenters. The van der Waals surface area contributed by atoms with Crippen LogP contribution in [0.1, 0.15) is 19.4 Å². The second-order valence-corrected chi connectivity index (χ2v) is 8.40. The maximum Gasteiger partial charge on any atom is 0.446 e. The molecule has 2 heterocycles. The number of aromatic nitrogens is 1. The zero-order valence-corrected chi connectivity index (χ0v) is 16.0. The Morgan fingerprint density at radius 2 is 1.88 bits per heavy atom. The van der Waals surface area contributed by atoms with Crippen LogP contribution in [-0.2, 0) is 6.54 Å². The normalized spacial score (nSPS) is 17.7. The van der Waals surface area contributed by atoms with Gasteiger partial charge < -0.3 is 4.90 Å². The minimum atomic E-state index is -4.26. The van der Waals surface area contributed by atoms with Gasteiger partial charge in [-0.05, 0) is 67.6 Å². The molecule has 26 heavy (non-hydrogen) atoms. The van der Waals surface area contributed by atoms with E-state index in [1.165, 1.54) is 12.1 Å². The second kappa shape index (κ2) is 7.29. The Hall–Kier alpha value is -1.44. The number of benzene rings is 1. The molecule has 0 unspecified atom stereocenters. The van der Waals surface area contributed by atoms with Crippen molar-refractivity contribution < 1.29 is 13.2 Å². The number of nitrogens with zero attached hydrogens (tertiary/aromatic N) is 3. The summed E-state index contributed by atoms with van der Waals surface area (Å²) < 4.78 is 37.4. The van der Waals surface area contributed by atoms with Gasteiger partial charge in [0.25, 0.3) is 0 Å². The summed E-state index contributed by atoms with van der Waals surface area (Å²) >= 11 is 5.87. The van der Waals surface area contributed by atoms with Crippen LogP contribution in [0.2, 0.25) is 5.15 Å². The molecule has 0 aliphatic carbocycles. The van der Waals surface area contributed by atoms with Crippen LogP contribution in [0, 0.1) is 0 Å². The maximum atomic E-state index is 12.5. The molecule has 2 aromatic rings. The topological polar surface area (TPSA) is 19.4 Å². The number of thioether (sulfide) groups is 1. The molecule has 0 saturated carbocycles. The molecule has 3 nitrogen and oxygen atoms in total. The Labute approximate surface area is 160 Å². The molecule has 0 amide bonds. The first-order valence-electron chi connectivity index (χ1n) is 8.09. The first-order valence-corrected chi connectivity index (χ1v) is 9.28. The average molecular weight is 402 g/mol. The third kappa shape index (κ3) is 4.84. The van der Waals surface area contributed by atoms with Crippen LogP contribution in [0.3, 0.4) is 0 Å². The molecule has 1 aromatic carbocycles. The fourth-order valence-corrected chi connectivity index (χ4v) is 3.81. The van der Waals surface area contributed by atoms with E-state index in [9.17, 15) is 13.2 Å². The van der Waals surface area contributed by atoms with E-state index in [0.717, 1.165) is 24.3 Å². The zero-order chi connectivity index (χ0) is 18.9. The van der Waals surface area contributed by atoms with Gasteiger partial charge in [-0.15, -0.1) is 0 Å². The molecule has 3 rings (SSSR count). The Morgan fingerprint density at radius 3 is 2.50 bits per heavy atom. The molecule has 1 aromatic heterocycles. The summed E-state index contributed by atoms with van der Waals surface area (Å²) in [5.74, 6) is 0. The molecule has 140 valence electrons. The van der Waals surface area contributed by atoms with Crippen molar-refractivity contribution >= 4 is 29.1 Å². The zero-order valence-electron chi connectivity index (χ0n) is 14.4. The number of anilines is 1. The summed E-state index contributed by atoms with van der Waals surface area (Å²) in [7, 11) is 0. The monoisotopic (exact) mass is 401 g/mol. The van der Waals surface area contributed by atoms with Crippen molar-refractivity contribution in [2.75, 3.05) is 18.1 Å². The number of hydrogen-bond acceptors (Lipinski definition) is 4. The quantitative estimate of drug-likeness (QED) is 0.504. The first kappa shape index (κ1) is 19.3. The molecule has 1 saturated heterocycles. The molecule has 0 radical (unpaired) electrons. The predicted octanol–water partition coefficient (Wildman–Crippen LogP) is 5.41. The highest BCUT2D eigenvalue weighted by molar-refractivity contribution is 8.00. The molecule has 1 aliphatic rings. The van der Waals surface area contributed by atoms with Gasteiger partial charge in [0.15, 0.2) is 0 Å². The number of alkyl halides is 3. The summed E-state index contributed by atoms with van der Waals surface area (Å²) in [6.07, 6.45) is 1.69. The van der Waals surface area contributed by atoms with Crippen LogP contribution in [0.15, 0.2) is 47.5 Å². The second-order valence-electron chi connectivity index (χ2n) is 6.88. The third-order valence-corrected chi connectivity index (χ3v) is 5.32. The highest BCUT2D eigenvalue weighted by Gasteiger charge is 2.37. The summed E-state index contributed by atoms with van der Waals surface area (Å²) in [5, 5.41) is 0.467. The van der Waals surface area contributed by atoms with Gasteiger partial charge in [-0.3, -0.25) is 4.90 Å². The van der Waals surface area contributed by atoms with Crippen LogP contribution >= 0.6 is 23.4 Å². The fraction of sp³-hybridized carbons (Fsp3) is 0.389. The van der Waals surface area contributed by atoms with E-state index in [1.54, 1.807) is 18.3 Å². The minimum absolute atomic E-state index is 0.0743. The van der Waals surface area contributed by atoms with Crippen molar-refractivity contribution in [3.63, 3.8) is 0 Å². The van der Waals surface area contributed by atoms with E-state index >= 15 is 0 Å². The lowest BCUT2D eigenvalue weighted by molar-refractivity contribution is -0.0328. The highest BCUT2D eigenvalue weighted by atomic mass is 35.5. The molecule has 1 fully saturated rings. The standard InChI is InChI=1S/C18H19ClF3N3S/c1-17(2)11-24(12-25(17)10-13-7-8-23-16(19)9-13)14-3-5-15(6-4-14)26-18(20,21)22/h3-9H,10-12H2,1-2H3. The average Bonchev–Trinajstić information content (AvgIpc) is 2.81. The Morgan fingerprint density at radius 1 is 1.19 bits per heavy atom. The minimum Gasteiger partial charge on any atom is -0.357 e. The molecule has 0 N–H and O–H groups in total. The number of pyridine rings is 1. The summed E-state index contributed by atoms with van der Waals surface area (Å²) in [5.41, 5.74) is -2.34. The maximum absolute atomic E-state index is 12.5. The van der Waals surface area contributed by atoms with Gasteiger partial charge >= 0.3 is 5.51 Å². The van der Waals surface area contributed by atoms with Crippen molar-refractivity contribution in [1.82, 2.24) is 9.88 Å². The van der Waals surface area contributed by atoms with Crippen LogP contribution in [0.5, 0.6) is 0 Å². The Kier molecular flexibility index (Phi) is 5.42. The van der Waals surface area contributed by atoms with Gasteiger partial charge in [0.2, 0.25) is 0 Å². The van der Waals surface area contributed by atoms with E-state index < -0.39 is 5.51 Å². The number of halogens is 4. The van der Waals surface area contributed by atoms with E-state index in [4.69, 9.17) is 11.6 Å². The SMILES string of the molecule is CC1(C)CN(c2ccc(SC(F)(F)F)cc2)CN1Cc1ccnc(Cl)c1. The molecule has 0 spiro atoms. The smallest absolute Gasteiger partial charge is 0.357 e. The van der Waals surface area contributed by atoms with Gasteiger partial charge in [-0.25, -0.2) is 4.98 Å². The molecule has 0 bridgehead atoms. The molecule has 1 aliphatic heterocycles. The number of rotatable bonds is 4. The van der Waals surface area contributed by atoms with Crippen molar-refractivity contribution in [2.45, 2.75) is 36.3 Å². The van der Waals surface area contributed by atoms with Crippen molar-refractivity contribution in [2.24, 2.45) is 0 Å². The number of hydrogen-bond donors (Lipinski definition) is 0. The van der Waals surface area contributed by atoms with Gasteiger partial charge in [0, 0.05) is 35.4 Å². The summed E-state index contributed by atoms with van der Waals surface area (Å²) in [6, 6.07) is 10.3. The lowest BCUT2D eigenvalue weighted by Gasteiger charge is -2.29.